The van der Waals surface area contributed by atoms with Crippen LogP contribution in [0.4, 0.5) is 0 Å². The van der Waals surface area contributed by atoms with Crippen molar-refractivity contribution < 1.29 is 4.74 Å². The van der Waals surface area contributed by atoms with E-state index in [1.54, 1.807) is 7.11 Å². The number of halogens is 1. The van der Waals surface area contributed by atoms with Crippen LogP contribution in [-0.2, 0) is 6.42 Å². The molecular weight excluding hydrogens is 250 g/mol. The standard InChI is InChI=1S/C13H16ClN3O/c1-9-16-10(5-6-15)8-17(9)11-3-4-13(18-2)12(14)7-11/h3-4,7-8H,5-6,15H2,1-2H3. The molecule has 0 aliphatic heterocycles. The van der Waals surface area contributed by atoms with Crippen molar-refractivity contribution in [3.8, 4) is 11.4 Å². The molecule has 1 aromatic heterocycles. The lowest BCUT2D eigenvalue weighted by Gasteiger charge is -2.08. The fourth-order valence-electron chi connectivity index (χ4n) is 1.87. The van der Waals surface area contributed by atoms with Crippen molar-refractivity contribution >= 4 is 11.6 Å². The summed E-state index contributed by atoms with van der Waals surface area (Å²) in [5, 5.41) is 0.587. The summed E-state index contributed by atoms with van der Waals surface area (Å²) in [6, 6.07) is 5.66. The Morgan fingerprint density at radius 1 is 1.44 bits per heavy atom. The second-order valence-corrected chi connectivity index (χ2v) is 4.41. The summed E-state index contributed by atoms with van der Waals surface area (Å²) in [6.45, 7) is 2.55. The normalized spacial score (nSPS) is 10.7. The van der Waals surface area contributed by atoms with Crippen molar-refractivity contribution in [1.82, 2.24) is 9.55 Å². The molecule has 2 rings (SSSR count). The van der Waals surface area contributed by atoms with Crippen molar-refractivity contribution in [3.05, 3.63) is 40.9 Å². The second-order valence-electron chi connectivity index (χ2n) is 4.01. The average Bonchev–Trinajstić information content (AvgIpc) is 2.71. The first-order chi connectivity index (χ1) is 8.65. The molecule has 96 valence electrons. The lowest BCUT2D eigenvalue weighted by Crippen LogP contribution is -2.02. The molecule has 5 heteroatoms. The Hall–Kier alpha value is -1.52. The quantitative estimate of drug-likeness (QED) is 0.923. The fourth-order valence-corrected chi connectivity index (χ4v) is 2.12. The topological polar surface area (TPSA) is 53.1 Å². The average molecular weight is 266 g/mol. The first kappa shape index (κ1) is 12.9. The lowest BCUT2D eigenvalue weighted by molar-refractivity contribution is 0.415. The van der Waals surface area contributed by atoms with E-state index >= 15 is 0 Å². The molecule has 1 heterocycles. The third-order valence-corrected chi connectivity index (χ3v) is 3.04. The van der Waals surface area contributed by atoms with Crippen LogP contribution in [0, 0.1) is 6.92 Å². The van der Waals surface area contributed by atoms with Crippen molar-refractivity contribution in [1.29, 1.82) is 0 Å². The summed E-state index contributed by atoms with van der Waals surface area (Å²) in [5.74, 6) is 1.58. The summed E-state index contributed by atoms with van der Waals surface area (Å²) in [7, 11) is 1.60. The Balaban J connectivity index is 2.39. The molecule has 2 N–H and O–H groups in total. The van der Waals surface area contributed by atoms with Crippen LogP contribution in [0.1, 0.15) is 11.5 Å². The number of nitrogens with zero attached hydrogens (tertiary/aromatic N) is 2. The van der Waals surface area contributed by atoms with Crippen LogP contribution in [0.15, 0.2) is 24.4 Å². The highest BCUT2D eigenvalue weighted by molar-refractivity contribution is 6.32. The van der Waals surface area contributed by atoms with Crippen LogP contribution < -0.4 is 10.5 Å². The Kier molecular flexibility index (Phi) is 3.89. The van der Waals surface area contributed by atoms with Gasteiger partial charge in [-0.25, -0.2) is 4.98 Å². The molecule has 2 aromatic rings. The predicted molar refractivity (Wildman–Crippen MR) is 72.6 cm³/mol. The van der Waals surface area contributed by atoms with E-state index in [0.29, 0.717) is 17.3 Å². The van der Waals surface area contributed by atoms with Gasteiger partial charge in [0, 0.05) is 18.3 Å². The second kappa shape index (κ2) is 5.42. The molecule has 4 nitrogen and oxygen atoms in total. The van der Waals surface area contributed by atoms with Crippen molar-refractivity contribution in [3.63, 3.8) is 0 Å². The van der Waals surface area contributed by atoms with E-state index in [9.17, 15) is 0 Å². The van der Waals surface area contributed by atoms with E-state index in [0.717, 1.165) is 23.6 Å². The van der Waals surface area contributed by atoms with E-state index < -0.39 is 0 Å². The van der Waals surface area contributed by atoms with Crippen molar-refractivity contribution in [2.75, 3.05) is 13.7 Å². The Bertz CT molecular complexity index is 551. The van der Waals surface area contributed by atoms with Gasteiger partial charge >= 0.3 is 0 Å². The van der Waals surface area contributed by atoms with Gasteiger partial charge in [0.15, 0.2) is 0 Å². The highest BCUT2D eigenvalue weighted by atomic mass is 35.5. The SMILES string of the molecule is COc1ccc(-n2cc(CCN)nc2C)cc1Cl. The minimum Gasteiger partial charge on any atom is -0.495 e. The van der Waals surface area contributed by atoms with Crippen molar-refractivity contribution in [2.45, 2.75) is 13.3 Å². The minimum absolute atomic E-state index is 0.587. The Morgan fingerprint density at radius 3 is 2.83 bits per heavy atom. The number of imidazole rings is 1. The summed E-state index contributed by atoms with van der Waals surface area (Å²) < 4.78 is 7.13. The number of rotatable bonds is 4. The molecule has 0 aliphatic rings. The zero-order valence-corrected chi connectivity index (χ0v) is 11.2. The maximum atomic E-state index is 6.12. The molecule has 0 radical (unpaired) electrons. The maximum absolute atomic E-state index is 6.12. The van der Waals surface area contributed by atoms with Crippen LogP contribution >= 0.6 is 11.6 Å². The fraction of sp³-hybridized carbons (Fsp3) is 0.308. The van der Waals surface area contributed by atoms with E-state index in [2.05, 4.69) is 4.98 Å². The number of hydrogen-bond acceptors (Lipinski definition) is 3. The highest BCUT2D eigenvalue weighted by Gasteiger charge is 2.08. The molecule has 0 amide bonds. The van der Waals surface area contributed by atoms with Gasteiger partial charge in [0.05, 0.1) is 17.8 Å². The molecule has 1 aromatic carbocycles. The highest BCUT2D eigenvalue weighted by Crippen LogP contribution is 2.27. The predicted octanol–water partition coefficient (Wildman–Crippen LogP) is 2.34. The third-order valence-electron chi connectivity index (χ3n) is 2.75. The third kappa shape index (κ3) is 2.49. The zero-order chi connectivity index (χ0) is 13.1. The first-order valence-electron chi connectivity index (χ1n) is 5.74. The smallest absolute Gasteiger partial charge is 0.137 e. The Labute approximate surface area is 111 Å². The van der Waals surface area contributed by atoms with Crippen LogP contribution in [-0.4, -0.2) is 23.2 Å². The molecule has 0 atom stereocenters. The number of ether oxygens (including phenoxy) is 1. The van der Waals surface area contributed by atoms with E-state index in [1.807, 2.05) is 35.9 Å². The number of hydrogen-bond donors (Lipinski definition) is 1. The van der Waals surface area contributed by atoms with E-state index in [1.165, 1.54) is 0 Å². The lowest BCUT2D eigenvalue weighted by atomic mass is 10.3. The van der Waals surface area contributed by atoms with Crippen LogP contribution in [0.3, 0.4) is 0 Å². The van der Waals surface area contributed by atoms with Gasteiger partial charge in [-0.2, -0.15) is 0 Å². The largest absolute Gasteiger partial charge is 0.495 e. The van der Waals surface area contributed by atoms with Gasteiger partial charge in [0.2, 0.25) is 0 Å². The first-order valence-corrected chi connectivity index (χ1v) is 6.12. The van der Waals surface area contributed by atoms with E-state index in [4.69, 9.17) is 22.1 Å². The number of aryl methyl sites for hydroxylation is 1. The summed E-state index contributed by atoms with van der Waals surface area (Å²) in [6.07, 6.45) is 2.76. The van der Waals surface area contributed by atoms with Gasteiger partial charge < -0.3 is 15.0 Å². The molecule has 0 spiro atoms. The molecule has 0 fully saturated rings. The van der Waals surface area contributed by atoms with Gasteiger partial charge in [-0.3, -0.25) is 0 Å². The van der Waals surface area contributed by atoms with Gasteiger partial charge in [-0.1, -0.05) is 11.6 Å². The van der Waals surface area contributed by atoms with Gasteiger partial charge in [-0.15, -0.1) is 0 Å². The summed E-state index contributed by atoms with van der Waals surface area (Å²) >= 11 is 6.12. The molecule has 0 aliphatic carbocycles. The van der Waals surface area contributed by atoms with Gasteiger partial charge in [0.1, 0.15) is 11.6 Å². The molecule has 18 heavy (non-hydrogen) atoms. The molecule has 0 saturated carbocycles. The molecule has 0 bridgehead atoms. The minimum atomic E-state index is 0.587. The van der Waals surface area contributed by atoms with E-state index in [-0.39, 0.29) is 0 Å². The van der Waals surface area contributed by atoms with Gasteiger partial charge in [0.25, 0.3) is 0 Å². The maximum Gasteiger partial charge on any atom is 0.137 e. The Morgan fingerprint density at radius 2 is 2.22 bits per heavy atom. The monoisotopic (exact) mass is 265 g/mol. The van der Waals surface area contributed by atoms with Crippen LogP contribution in [0.5, 0.6) is 5.75 Å². The van der Waals surface area contributed by atoms with Crippen LogP contribution in [0.25, 0.3) is 5.69 Å². The molecular formula is C13H16ClN3O. The summed E-state index contributed by atoms with van der Waals surface area (Å²) in [4.78, 5) is 4.46. The number of benzene rings is 1. The summed E-state index contributed by atoms with van der Waals surface area (Å²) in [5.41, 5.74) is 7.49. The number of aromatic nitrogens is 2. The molecule has 0 saturated heterocycles. The number of nitrogens with two attached hydrogens (primary N) is 1. The molecule has 0 unspecified atom stereocenters. The zero-order valence-electron chi connectivity index (χ0n) is 10.5. The van der Waals surface area contributed by atoms with Crippen molar-refractivity contribution in [2.24, 2.45) is 5.73 Å². The van der Waals surface area contributed by atoms with Crippen LogP contribution in [0.2, 0.25) is 5.02 Å². The number of methoxy groups -OCH3 is 1. The van der Waals surface area contributed by atoms with Gasteiger partial charge in [-0.05, 0) is 31.7 Å².